The van der Waals surface area contributed by atoms with Crippen LogP contribution in [0.3, 0.4) is 0 Å². The van der Waals surface area contributed by atoms with Crippen molar-refractivity contribution in [3.05, 3.63) is 35.9 Å². The second-order valence-electron chi connectivity index (χ2n) is 7.68. The van der Waals surface area contributed by atoms with E-state index in [1.807, 2.05) is 44.2 Å². The molecule has 25 heavy (non-hydrogen) atoms. The van der Waals surface area contributed by atoms with Gasteiger partial charge in [0, 0.05) is 6.54 Å². The molecule has 2 aliphatic rings. The third kappa shape index (κ3) is 4.53. The van der Waals surface area contributed by atoms with Crippen molar-refractivity contribution in [1.29, 1.82) is 0 Å². The number of benzene rings is 1. The number of ether oxygens (including phenoxy) is 1. The minimum Gasteiger partial charge on any atom is -0.461 e. The van der Waals surface area contributed by atoms with Gasteiger partial charge in [0.15, 0.2) is 0 Å². The van der Waals surface area contributed by atoms with Gasteiger partial charge in [0.1, 0.15) is 12.1 Å². The highest BCUT2D eigenvalue weighted by atomic mass is 16.5. The van der Waals surface area contributed by atoms with Crippen molar-refractivity contribution < 1.29 is 14.3 Å². The van der Waals surface area contributed by atoms with Crippen LogP contribution in [0.4, 0.5) is 4.79 Å². The van der Waals surface area contributed by atoms with Crippen LogP contribution < -0.4 is 10.6 Å². The van der Waals surface area contributed by atoms with E-state index in [2.05, 4.69) is 10.6 Å². The number of urea groups is 1. The number of rotatable bonds is 6. The lowest BCUT2D eigenvalue weighted by molar-refractivity contribution is -0.155. The highest BCUT2D eigenvalue weighted by Gasteiger charge is 2.42. The minimum atomic E-state index is -0.616. The number of nitrogens with one attached hydrogen (secondary N) is 2. The number of hydrogen-bond acceptors (Lipinski definition) is 3. The van der Waals surface area contributed by atoms with Gasteiger partial charge < -0.3 is 15.4 Å². The monoisotopic (exact) mass is 344 g/mol. The third-order valence-electron chi connectivity index (χ3n) is 5.44. The molecule has 4 unspecified atom stereocenters. The summed E-state index contributed by atoms with van der Waals surface area (Å²) >= 11 is 0. The van der Waals surface area contributed by atoms with Gasteiger partial charge in [0.05, 0.1) is 0 Å². The molecule has 2 bridgehead atoms. The Morgan fingerprint density at radius 2 is 1.92 bits per heavy atom. The molecule has 3 rings (SSSR count). The molecule has 4 atom stereocenters. The zero-order valence-electron chi connectivity index (χ0n) is 15.0. The summed E-state index contributed by atoms with van der Waals surface area (Å²) in [6.07, 6.45) is 4.66. The van der Waals surface area contributed by atoms with Gasteiger partial charge in [-0.3, -0.25) is 0 Å². The Morgan fingerprint density at radius 3 is 2.52 bits per heavy atom. The van der Waals surface area contributed by atoms with Gasteiger partial charge in [-0.2, -0.15) is 0 Å². The second-order valence-corrected chi connectivity index (χ2v) is 7.68. The van der Waals surface area contributed by atoms with Crippen LogP contribution in [-0.4, -0.2) is 24.1 Å². The van der Waals surface area contributed by atoms with Crippen LogP contribution >= 0.6 is 0 Å². The molecule has 0 saturated heterocycles. The van der Waals surface area contributed by atoms with Gasteiger partial charge in [0.2, 0.25) is 0 Å². The molecule has 1 aromatic carbocycles. The molecule has 5 nitrogen and oxygen atoms in total. The Balaban J connectivity index is 1.50. The van der Waals surface area contributed by atoms with Crippen molar-refractivity contribution >= 4 is 12.0 Å². The number of amides is 2. The van der Waals surface area contributed by atoms with E-state index >= 15 is 0 Å². The molecule has 2 aliphatic carbocycles. The second kappa shape index (κ2) is 7.89. The fourth-order valence-corrected chi connectivity index (χ4v) is 4.02. The van der Waals surface area contributed by atoms with Crippen LogP contribution in [0.15, 0.2) is 30.3 Å². The van der Waals surface area contributed by atoms with Crippen molar-refractivity contribution in [1.82, 2.24) is 10.6 Å². The Kier molecular flexibility index (Phi) is 5.61. The van der Waals surface area contributed by atoms with Gasteiger partial charge in [-0.05, 0) is 49.0 Å². The normalized spacial score (nSPS) is 25.6. The predicted octanol–water partition coefficient (Wildman–Crippen LogP) is 3.24. The third-order valence-corrected chi connectivity index (χ3v) is 5.44. The molecule has 2 N–H and O–H groups in total. The Hall–Kier alpha value is -2.04. The topological polar surface area (TPSA) is 67.4 Å². The van der Waals surface area contributed by atoms with Crippen LogP contribution in [-0.2, 0) is 16.1 Å². The maximum Gasteiger partial charge on any atom is 0.329 e. The molecule has 0 radical (unpaired) electrons. The lowest BCUT2D eigenvalue weighted by Gasteiger charge is -2.26. The first kappa shape index (κ1) is 17.8. The summed E-state index contributed by atoms with van der Waals surface area (Å²) < 4.78 is 5.75. The van der Waals surface area contributed by atoms with E-state index in [-0.39, 0.29) is 24.0 Å². The van der Waals surface area contributed by atoms with Crippen molar-refractivity contribution in [2.45, 2.75) is 58.2 Å². The highest BCUT2D eigenvalue weighted by Crippen LogP contribution is 2.46. The molecular formula is C20H28N2O3. The molecule has 0 aromatic heterocycles. The van der Waals surface area contributed by atoms with Crippen LogP contribution in [0.2, 0.25) is 0 Å². The standard InChI is InChI=1S/C20H28N2O3/c1-13(2)18(19(23)25-17-11-15-8-9-16(17)10-15)22-20(24)21-12-14-6-4-3-5-7-14/h3-7,13,15-18H,8-12H2,1-2H3,(H2,21,22,24). The van der Waals surface area contributed by atoms with Gasteiger partial charge in [-0.1, -0.05) is 44.2 Å². The van der Waals surface area contributed by atoms with Crippen LogP contribution in [0.1, 0.15) is 45.1 Å². The van der Waals surface area contributed by atoms with E-state index in [0.717, 1.165) is 17.9 Å². The first-order valence-electron chi connectivity index (χ1n) is 9.31. The van der Waals surface area contributed by atoms with Crippen LogP contribution in [0, 0.1) is 17.8 Å². The quantitative estimate of drug-likeness (QED) is 0.779. The molecule has 5 heteroatoms. The van der Waals surface area contributed by atoms with Gasteiger partial charge >= 0.3 is 12.0 Å². The minimum absolute atomic E-state index is 0.0198. The van der Waals surface area contributed by atoms with Gasteiger partial charge in [0.25, 0.3) is 0 Å². The first-order valence-corrected chi connectivity index (χ1v) is 9.31. The SMILES string of the molecule is CC(C)C(NC(=O)NCc1ccccc1)C(=O)OC1CC2CCC1C2. The van der Waals surface area contributed by atoms with Crippen LogP contribution in [0.5, 0.6) is 0 Å². The fourth-order valence-electron chi connectivity index (χ4n) is 4.02. The molecule has 2 fully saturated rings. The highest BCUT2D eigenvalue weighted by molar-refractivity contribution is 5.83. The molecule has 0 aliphatic heterocycles. The lowest BCUT2D eigenvalue weighted by Crippen LogP contribution is -2.50. The maximum atomic E-state index is 12.6. The summed E-state index contributed by atoms with van der Waals surface area (Å²) in [6.45, 7) is 4.27. The van der Waals surface area contributed by atoms with E-state index in [0.29, 0.717) is 12.5 Å². The summed E-state index contributed by atoms with van der Waals surface area (Å²) in [7, 11) is 0. The van der Waals surface area contributed by atoms with E-state index in [1.54, 1.807) is 0 Å². The number of hydrogen-bond donors (Lipinski definition) is 2. The van der Waals surface area contributed by atoms with Crippen molar-refractivity contribution in [2.75, 3.05) is 0 Å². The summed E-state index contributed by atoms with van der Waals surface area (Å²) in [5, 5.41) is 5.58. The molecule has 2 amide bonds. The van der Waals surface area contributed by atoms with E-state index < -0.39 is 6.04 Å². The summed E-state index contributed by atoms with van der Waals surface area (Å²) in [5.41, 5.74) is 1.02. The molecule has 2 saturated carbocycles. The zero-order chi connectivity index (χ0) is 17.8. The number of esters is 1. The zero-order valence-corrected chi connectivity index (χ0v) is 15.0. The summed E-state index contributed by atoms with van der Waals surface area (Å²) in [5.74, 6) is 0.923. The predicted molar refractivity (Wildman–Crippen MR) is 95.8 cm³/mol. The lowest BCUT2D eigenvalue weighted by atomic mass is 9.97. The average Bonchev–Trinajstić information content (AvgIpc) is 3.21. The molecule has 0 spiro atoms. The number of carbonyl (C=O) groups is 2. The molecule has 0 heterocycles. The average molecular weight is 344 g/mol. The number of fused-ring (bicyclic) bond motifs is 2. The van der Waals surface area contributed by atoms with Crippen molar-refractivity contribution in [3.63, 3.8) is 0 Å². The Morgan fingerprint density at radius 1 is 1.16 bits per heavy atom. The summed E-state index contributed by atoms with van der Waals surface area (Å²) in [6, 6.07) is 8.73. The van der Waals surface area contributed by atoms with E-state index in [9.17, 15) is 9.59 Å². The maximum absolute atomic E-state index is 12.6. The fraction of sp³-hybridized carbons (Fsp3) is 0.600. The Bertz CT molecular complexity index is 602. The first-order chi connectivity index (χ1) is 12.0. The van der Waals surface area contributed by atoms with E-state index in [4.69, 9.17) is 4.74 Å². The molecule has 1 aromatic rings. The molecule has 136 valence electrons. The molecular weight excluding hydrogens is 316 g/mol. The smallest absolute Gasteiger partial charge is 0.329 e. The van der Waals surface area contributed by atoms with Crippen molar-refractivity contribution in [2.24, 2.45) is 17.8 Å². The van der Waals surface area contributed by atoms with E-state index in [1.165, 1.54) is 19.3 Å². The van der Waals surface area contributed by atoms with Crippen LogP contribution in [0.25, 0.3) is 0 Å². The summed E-state index contributed by atoms with van der Waals surface area (Å²) in [4.78, 5) is 24.7. The Labute approximate surface area is 149 Å². The number of carbonyl (C=O) groups excluding carboxylic acids is 2. The van der Waals surface area contributed by atoms with Gasteiger partial charge in [-0.15, -0.1) is 0 Å². The largest absolute Gasteiger partial charge is 0.461 e. The van der Waals surface area contributed by atoms with Gasteiger partial charge in [-0.25, -0.2) is 9.59 Å². The van der Waals surface area contributed by atoms with Crippen molar-refractivity contribution in [3.8, 4) is 0 Å².